The predicted octanol–water partition coefficient (Wildman–Crippen LogP) is 0.237. The van der Waals surface area contributed by atoms with Crippen LogP contribution < -0.4 is 16.0 Å². The van der Waals surface area contributed by atoms with Crippen LogP contribution in [0.4, 0.5) is 10.5 Å². The van der Waals surface area contributed by atoms with Crippen LogP contribution in [0.1, 0.15) is 15.9 Å². The minimum Gasteiger partial charge on any atom is -0.358 e. The Morgan fingerprint density at radius 2 is 1.73 bits per heavy atom. The third-order valence-electron chi connectivity index (χ3n) is 5.11. The van der Waals surface area contributed by atoms with Crippen LogP contribution in [0.15, 0.2) is 48.8 Å². The van der Waals surface area contributed by atoms with E-state index in [-0.39, 0.29) is 31.1 Å². The van der Waals surface area contributed by atoms with E-state index in [9.17, 15) is 22.8 Å². The monoisotopic (exact) mass is 474 g/mol. The van der Waals surface area contributed by atoms with Gasteiger partial charge in [-0.1, -0.05) is 6.07 Å². The van der Waals surface area contributed by atoms with Crippen LogP contribution in [0.5, 0.6) is 0 Å². The summed E-state index contributed by atoms with van der Waals surface area (Å²) < 4.78 is 26.6. The van der Waals surface area contributed by atoms with Gasteiger partial charge < -0.3 is 16.0 Å². The third-order valence-corrected chi connectivity index (χ3v) is 6.86. The lowest BCUT2D eigenvalue weighted by molar-refractivity contribution is -0.122. The first kappa shape index (κ1) is 24.3. The molecule has 0 saturated carbocycles. The number of piperazine rings is 1. The number of anilines is 1. The first-order valence-electron chi connectivity index (χ1n) is 10.3. The first-order chi connectivity index (χ1) is 15.8. The highest BCUT2D eigenvalue weighted by Gasteiger charge is 2.34. The average molecular weight is 475 g/mol. The highest BCUT2D eigenvalue weighted by Crippen LogP contribution is 2.16. The molecule has 0 unspecified atom stereocenters. The highest BCUT2D eigenvalue weighted by atomic mass is 32.2. The standard InChI is InChI=1S/C21H26N6O5S/c1-22-19(28)15-26-9-11-27(12-10-26)33(31,32)20(29)17-4-6-18(7-5-17)25-21(30)24-14-16-3-2-8-23-13-16/h2-8,13H,9-12,14-15H2,1H3,(H,22,28)(H2,24,25,30). The molecular weight excluding hydrogens is 448 g/mol. The lowest BCUT2D eigenvalue weighted by atomic mass is 10.2. The Hall–Kier alpha value is -3.35. The fourth-order valence-corrected chi connectivity index (χ4v) is 4.54. The minimum absolute atomic E-state index is 0.00380. The summed E-state index contributed by atoms with van der Waals surface area (Å²) >= 11 is 0. The molecule has 11 nitrogen and oxygen atoms in total. The maximum Gasteiger partial charge on any atom is 0.319 e. The summed E-state index contributed by atoms with van der Waals surface area (Å²) in [5.41, 5.74) is 1.26. The summed E-state index contributed by atoms with van der Waals surface area (Å²) in [7, 11) is -2.65. The van der Waals surface area contributed by atoms with Crippen molar-refractivity contribution in [2.45, 2.75) is 6.54 Å². The van der Waals surface area contributed by atoms with Crippen LogP contribution in [-0.2, 0) is 21.4 Å². The maximum atomic E-state index is 12.7. The van der Waals surface area contributed by atoms with Gasteiger partial charge in [-0.25, -0.2) is 13.2 Å². The molecule has 12 heteroatoms. The van der Waals surface area contributed by atoms with E-state index >= 15 is 0 Å². The molecule has 0 bridgehead atoms. The zero-order valence-corrected chi connectivity index (χ0v) is 19.0. The van der Waals surface area contributed by atoms with Crippen molar-refractivity contribution in [3.05, 3.63) is 59.9 Å². The normalized spacial score (nSPS) is 14.9. The number of aromatic nitrogens is 1. The van der Waals surface area contributed by atoms with Gasteiger partial charge in [0, 0.05) is 63.4 Å². The summed E-state index contributed by atoms with van der Waals surface area (Å²) in [6.07, 6.45) is 3.28. The fourth-order valence-electron chi connectivity index (χ4n) is 3.23. The van der Waals surface area contributed by atoms with Crippen LogP contribution in [0, 0.1) is 0 Å². The van der Waals surface area contributed by atoms with E-state index in [0.717, 1.165) is 9.87 Å². The highest BCUT2D eigenvalue weighted by molar-refractivity contribution is 8.04. The molecule has 3 rings (SSSR count). The van der Waals surface area contributed by atoms with Gasteiger partial charge in [-0.05, 0) is 35.9 Å². The summed E-state index contributed by atoms with van der Waals surface area (Å²) in [4.78, 5) is 42.0. The average Bonchev–Trinajstić information content (AvgIpc) is 2.83. The number of amides is 3. The molecule has 3 N–H and O–H groups in total. The zero-order chi connectivity index (χ0) is 23.8. The molecular formula is C21H26N6O5S. The lowest BCUT2D eigenvalue weighted by Gasteiger charge is -2.32. The lowest BCUT2D eigenvalue weighted by Crippen LogP contribution is -2.52. The first-order valence-corrected chi connectivity index (χ1v) is 11.7. The molecule has 1 aliphatic rings. The Kier molecular flexibility index (Phi) is 8.09. The Balaban J connectivity index is 1.53. The largest absolute Gasteiger partial charge is 0.358 e. The Bertz CT molecular complexity index is 1080. The summed E-state index contributed by atoms with van der Waals surface area (Å²) in [5, 5.41) is 6.83. The van der Waals surface area contributed by atoms with Crippen LogP contribution in [0.2, 0.25) is 0 Å². The van der Waals surface area contributed by atoms with Gasteiger partial charge in [0.05, 0.1) is 6.54 Å². The number of rotatable bonds is 7. The van der Waals surface area contributed by atoms with Crippen molar-refractivity contribution in [3.63, 3.8) is 0 Å². The van der Waals surface area contributed by atoms with Gasteiger partial charge in [0.1, 0.15) is 0 Å². The second-order valence-corrected chi connectivity index (χ2v) is 9.22. The van der Waals surface area contributed by atoms with E-state index in [0.29, 0.717) is 25.3 Å². The maximum absolute atomic E-state index is 12.7. The van der Waals surface area contributed by atoms with Crippen molar-refractivity contribution in [2.24, 2.45) is 0 Å². The van der Waals surface area contributed by atoms with Crippen molar-refractivity contribution in [3.8, 4) is 0 Å². The molecule has 0 aliphatic carbocycles. The number of hydrogen-bond acceptors (Lipinski definition) is 7. The predicted molar refractivity (Wildman–Crippen MR) is 122 cm³/mol. The molecule has 0 radical (unpaired) electrons. The number of nitrogens with one attached hydrogen (secondary N) is 3. The van der Waals surface area contributed by atoms with Crippen molar-refractivity contribution in [1.82, 2.24) is 24.8 Å². The Labute approximate surface area is 192 Å². The molecule has 1 fully saturated rings. The molecule has 1 aromatic heterocycles. The second-order valence-electron chi connectivity index (χ2n) is 7.39. The number of likely N-dealkylation sites (N-methyl/N-ethyl adjacent to an activating group) is 1. The van der Waals surface area contributed by atoms with Crippen molar-refractivity contribution < 1.29 is 22.8 Å². The number of hydrogen-bond donors (Lipinski definition) is 3. The van der Waals surface area contributed by atoms with Gasteiger partial charge in [0.25, 0.3) is 15.1 Å². The number of sulfonamides is 1. The quantitative estimate of drug-likeness (QED) is 0.522. The van der Waals surface area contributed by atoms with Gasteiger partial charge in [0.2, 0.25) is 5.91 Å². The number of benzene rings is 1. The molecule has 176 valence electrons. The molecule has 3 amide bonds. The molecule has 2 heterocycles. The van der Waals surface area contributed by atoms with Crippen LogP contribution >= 0.6 is 0 Å². The topological polar surface area (TPSA) is 141 Å². The van der Waals surface area contributed by atoms with Crippen molar-refractivity contribution >= 4 is 32.8 Å². The number of urea groups is 1. The third kappa shape index (κ3) is 6.57. The number of carbonyl (C=O) groups is 3. The van der Waals surface area contributed by atoms with Gasteiger partial charge in [-0.15, -0.1) is 0 Å². The van der Waals surface area contributed by atoms with Crippen LogP contribution in [0.3, 0.4) is 0 Å². The van der Waals surface area contributed by atoms with Gasteiger partial charge in [-0.3, -0.25) is 19.5 Å². The van der Waals surface area contributed by atoms with Crippen molar-refractivity contribution in [2.75, 3.05) is 45.1 Å². The van der Waals surface area contributed by atoms with Crippen molar-refractivity contribution in [1.29, 1.82) is 0 Å². The van der Waals surface area contributed by atoms with Crippen LogP contribution in [0.25, 0.3) is 0 Å². The zero-order valence-electron chi connectivity index (χ0n) is 18.2. The molecule has 0 spiro atoms. The molecule has 33 heavy (non-hydrogen) atoms. The van der Waals surface area contributed by atoms with E-state index < -0.39 is 21.2 Å². The molecule has 1 aromatic carbocycles. The summed E-state index contributed by atoms with van der Waals surface area (Å²) in [6.45, 7) is 1.45. The molecule has 1 aliphatic heterocycles. The molecule has 1 saturated heterocycles. The van der Waals surface area contributed by atoms with Gasteiger partial charge >= 0.3 is 6.03 Å². The second kappa shape index (κ2) is 11.0. The summed E-state index contributed by atoms with van der Waals surface area (Å²) in [5.74, 6) is -0.151. The number of nitrogens with zero attached hydrogens (tertiary/aromatic N) is 3. The van der Waals surface area contributed by atoms with Gasteiger partial charge in [-0.2, -0.15) is 4.31 Å². The van der Waals surface area contributed by atoms with Gasteiger partial charge in [0.15, 0.2) is 0 Å². The Morgan fingerprint density at radius 1 is 1.03 bits per heavy atom. The minimum atomic E-state index is -4.19. The van der Waals surface area contributed by atoms with E-state index in [1.165, 1.54) is 31.3 Å². The van der Waals surface area contributed by atoms with E-state index in [1.54, 1.807) is 18.5 Å². The SMILES string of the molecule is CNC(=O)CN1CCN(S(=O)(=O)C(=O)c2ccc(NC(=O)NCc3cccnc3)cc2)CC1. The summed E-state index contributed by atoms with van der Waals surface area (Å²) in [6, 6.07) is 8.80. The Morgan fingerprint density at radius 3 is 2.33 bits per heavy atom. The smallest absolute Gasteiger partial charge is 0.319 e. The number of pyridine rings is 1. The van der Waals surface area contributed by atoms with E-state index in [2.05, 4.69) is 20.9 Å². The molecule has 0 atom stereocenters. The molecule has 2 aromatic rings. The van der Waals surface area contributed by atoms with Crippen LogP contribution in [-0.4, -0.2) is 79.4 Å². The van der Waals surface area contributed by atoms with E-state index in [1.807, 2.05) is 11.0 Å². The van der Waals surface area contributed by atoms with E-state index in [4.69, 9.17) is 0 Å². The fraction of sp³-hybridized carbons (Fsp3) is 0.333. The number of carbonyl (C=O) groups excluding carboxylic acids is 3.